The zero-order valence-corrected chi connectivity index (χ0v) is 26.5. The van der Waals surface area contributed by atoms with Crippen molar-refractivity contribution in [2.24, 2.45) is 0 Å². The molecule has 0 N–H and O–H groups in total. The van der Waals surface area contributed by atoms with Crippen molar-refractivity contribution >= 4 is 43.8 Å². The van der Waals surface area contributed by atoms with Crippen LogP contribution in [0.2, 0.25) is 9.26 Å². The Hall–Kier alpha value is -0.400. The molecule has 0 aliphatic heterocycles. The maximum atomic E-state index is 2.73. The second-order valence-corrected chi connectivity index (χ2v) is 42.1. The molecule has 0 amide bonds. The molecule has 4 heteroatoms. The van der Waals surface area contributed by atoms with Crippen LogP contribution >= 0.6 is 24.8 Å². The summed E-state index contributed by atoms with van der Waals surface area (Å²) in [6.45, 7) is 16.6. The van der Waals surface area contributed by atoms with Gasteiger partial charge in [-0.1, -0.05) is 0 Å². The Labute approximate surface area is 210 Å². The Kier molecular flexibility index (Phi) is 8.12. The molecule has 2 aromatic rings. The van der Waals surface area contributed by atoms with E-state index in [2.05, 4.69) is 106 Å². The van der Waals surface area contributed by atoms with Gasteiger partial charge in [0.1, 0.15) is 0 Å². The van der Waals surface area contributed by atoms with Gasteiger partial charge in [-0.25, -0.2) is 0 Å². The fourth-order valence-electron chi connectivity index (χ4n) is 6.84. The van der Waals surface area contributed by atoms with Crippen molar-refractivity contribution in [2.75, 3.05) is 0 Å². The van der Waals surface area contributed by atoms with Crippen molar-refractivity contribution in [1.82, 2.24) is 0 Å². The molecule has 0 fully saturated rings. The van der Waals surface area contributed by atoms with Crippen LogP contribution in [0.4, 0.5) is 0 Å². The summed E-state index contributed by atoms with van der Waals surface area (Å²) in [6.07, 6.45) is 5.06. The van der Waals surface area contributed by atoms with E-state index in [4.69, 9.17) is 0 Å². The third-order valence-corrected chi connectivity index (χ3v) is 25.7. The van der Waals surface area contributed by atoms with Gasteiger partial charge in [-0.3, -0.25) is 0 Å². The topological polar surface area (TPSA) is 0 Å². The molecule has 2 aliphatic carbocycles. The van der Waals surface area contributed by atoms with E-state index in [-0.39, 0.29) is 24.8 Å². The minimum atomic E-state index is -3.32. The van der Waals surface area contributed by atoms with Crippen molar-refractivity contribution in [2.45, 2.75) is 69.9 Å². The maximum absolute atomic E-state index is 3.32. The summed E-state index contributed by atoms with van der Waals surface area (Å²) in [5.74, 6) is 1.14. The van der Waals surface area contributed by atoms with E-state index in [0.29, 0.717) is 19.1 Å². The Morgan fingerprint density at radius 2 is 1.03 bits per heavy atom. The van der Waals surface area contributed by atoms with E-state index >= 15 is 0 Å². The van der Waals surface area contributed by atoms with Gasteiger partial charge >= 0.3 is 187 Å². The van der Waals surface area contributed by atoms with Gasteiger partial charge in [-0.15, -0.1) is 24.8 Å². The minimum Gasteiger partial charge on any atom is -0.147 e. The Bertz CT molecular complexity index is 1080. The standard InChI is InChI=1S/2C13H15.2CH3.2ClH.H2Si.Zr/c2*1-9(2)12-6-4-5-11-7-10(3)8-13(11)12;;;;;;/h2*4-9H,1-3H3;2*1H3;2*1H;1H2;. The van der Waals surface area contributed by atoms with Crippen molar-refractivity contribution in [3.05, 3.63) is 80.9 Å². The second-order valence-electron chi connectivity index (χ2n) is 11.6. The molecule has 4 rings (SSSR count). The Morgan fingerprint density at radius 3 is 1.34 bits per heavy atom. The van der Waals surface area contributed by atoms with E-state index < -0.39 is 17.4 Å². The van der Waals surface area contributed by atoms with Crippen LogP contribution < -0.4 is 0 Å². The van der Waals surface area contributed by atoms with Crippen LogP contribution in [0.15, 0.2) is 47.5 Å². The molecule has 174 valence electrons. The zero-order chi connectivity index (χ0) is 22.0. The SMILES string of the molecule is CC1=Cc2c(C(C)C)cccc2[CH]1[Zr]([CH3])([CH3])(=[SiH2])[CH]1C(C)=Cc2c(C(C)C)cccc21.Cl.Cl. The third-order valence-electron chi connectivity index (χ3n) is 7.76. The predicted molar refractivity (Wildman–Crippen MR) is 149 cm³/mol. The molecule has 0 bridgehead atoms. The smallest absolute Gasteiger partial charge is 0.147 e. The van der Waals surface area contributed by atoms with Crippen molar-refractivity contribution in [1.29, 1.82) is 0 Å². The Morgan fingerprint density at radius 1 is 0.688 bits per heavy atom. The first-order chi connectivity index (χ1) is 13.9. The van der Waals surface area contributed by atoms with E-state index in [1.807, 2.05) is 0 Å². The van der Waals surface area contributed by atoms with Crippen LogP contribution in [-0.4, -0.2) is 6.88 Å². The molecule has 2 aliphatic rings. The molecule has 0 saturated heterocycles. The number of hydrogen-bond donors (Lipinski definition) is 0. The number of halogens is 2. The van der Waals surface area contributed by atoms with E-state index in [0.717, 1.165) is 0 Å². The molecule has 0 aromatic heterocycles. The number of rotatable bonds is 4. The van der Waals surface area contributed by atoms with Gasteiger partial charge in [0.2, 0.25) is 0 Å². The number of fused-ring (bicyclic) bond motifs is 2. The van der Waals surface area contributed by atoms with E-state index in [1.54, 1.807) is 22.3 Å². The summed E-state index contributed by atoms with van der Waals surface area (Å²) in [6, 6.07) is 14.2. The van der Waals surface area contributed by atoms with Crippen LogP contribution in [0.25, 0.3) is 12.2 Å². The molecule has 2 unspecified atom stereocenters. The molecule has 0 nitrogen and oxygen atoms in total. The number of hydrogen-bond acceptors (Lipinski definition) is 0. The number of benzene rings is 2. The Balaban J connectivity index is 0.00000181. The van der Waals surface area contributed by atoms with Gasteiger partial charge in [-0.05, 0) is 0 Å². The first kappa shape index (κ1) is 27.8. The molecular formula is C28H40Cl2SiZr. The number of allylic oxidation sites excluding steroid dienone is 2. The zero-order valence-electron chi connectivity index (χ0n) is 21.0. The van der Waals surface area contributed by atoms with Gasteiger partial charge in [0.05, 0.1) is 0 Å². The molecular weight excluding hydrogens is 527 g/mol. The van der Waals surface area contributed by atoms with Crippen LogP contribution in [-0.2, 0) is 17.4 Å². The van der Waals surface area contributed by atoms with Gasteiger partial charge in [0.15, 0.2) is 0 Å². The van der Waals surface area contributed by atoms with E-state index in [9.17, 15) is 0 Å². The van der Waals surface area contributed by atoms with Crippen molar-refractivity contribution in [3.63, 3.8) is 0 Å². The van der Waals surface area contributed by atoms with E-state index in [1.165, 1.54) is 22.3 Å². The predicted octanol–water partition coefficient (Wildman–Crippen LogP) is 8.73. The van der Waals surface area contributed by atoms with Crippen molar-refractivity contribution < 1.29 is 17.4 Å². The normalized spacial score (nSPS) is 19.7. The van der Waals surface area contributed by atoms with Gasteiger partial charge in [0.25, 0.3) is 0 Å². The summed E-state index contributed by atoms with van der Waals surface area (Å²) in [5, 5.41) is 0. The molecule has 0 saturated carbocycles. The quantitative estimate of drug-likeness (QED) is 0.325. The average Bonchev–Trinajstić information content (AvgIpc) is 3.16. The van der Waals surface area contributed by atoms with Gasteiger partial charge in [0, 0.05) is 0 Å². The summed E-state index contributed by atoms with van der Waals surface area (Å²) < 4.78 is 6.72. The molecule has 0 heterocycles. The first-order valence-corrected chi connectivity index (χ1v) is 25.3. The second kappa shape index (κ2) is 9.33. The minimum absolute atomic E-state index is 0. The average molecular weight is 567 g/mol. The maximum Gasteiger partial charge on any atom is -0.147 e. The van der Waals surface area contributed by atoms with Crippen LogP contribution in [0.5, 0.6) is 0 Å². The van der Waals surface area contributed by atoms with Gasteiger partial charge in [-0.2, -0.15) is 0 Å². The largest absolute Gasteiger partial charge is 0.147 e. The fraction of sp³-hybridized carbons (Fsp3) is 0.429. The molecule has 2 atom stereocenters. The summed E-state index contributed by atoms with van der Waals surface area (Å²) in [7, 11) is 0. The third kappa shape index (κ3) is 4.24. The molecule has 0 radical (unpaired) electrons. The van der Waals surface area contributed by atoms with Gasteiger partial charge < -0.3 is 0 Å². The molecule has 32 heavy (non-hydrogen) atoms. The monoisotopic (exact) mass is 564 g/mol. The fourth-order valence-corrected chi connectivity index (χ4v) is 28.1. The van der Waals surface area contributed by atoms with Crippen LogP contribution in [0, 0.1) is 0 Å². The molecule has 2 aromatic carbocycles. The summed E-state index contributed by atoms with van der Waals surface area (Å²) in [4.78, 5) is 0. The summed E-state index contributed by atoms with van der Waals surface area (Å²) in [5.41, 5.74) is 12.5. The van der Waals surface area contributed by atoms with Crippen LogP contribution in [0.3, 0.4) is 0 Å². The summed E-state index contributed by atoms with van der Waals surface area (Å²) >= 11 is -3.32. The molecule has 0 spiro atoms. The first-order valence-electron chi connectivity index (χ1n) is 11.6. The van der Waals surface area contributed by atoms with Crippen molar-refractivity contribution in [3.8, 4) is 0 Å². The van der Waals surface area contributed by atoms with Crippen LogP contribution in [0.1, 0.15) is 94.0 Å².